The van der Waals surface area contributed by atoms with Crippen LogP contribution in [0.15, 0.2) is 0 Å². The molecule has 1 heterocycles. The van der Waals surface area contributed by atoms with Crippen molar-refractivity contribution in [3.63, 3.8) is 0 Å². The fraction of sp³-hybridized carbons (Fsp3) is 0. The van der Waals surface area contributed by atoms with Gasteiger partial charge < -0.3 is 0 Å². The Kier molecular flexibility index (Phi) is 4.92. The summed E-state index contributed by atoms with van der Waals surface area (Å²) in [5, 5.41) is -1.56. The molecule has 0 radical (unpaired) electrons. The van der Waals surface area contributed by atoms with Crippen LogP contribution in [-0.2, 0) is 0 Å². The Hall–Kier alpha value is 3.16. The average molecular weight is 263 g/mol. The first kappa shape index (κ1) is 9.25. The summed E-state index contributed by atoms with van der Waals surface area (Å²) < 4.78 is 0. The molecule has 4 unspecified atom stereocenters. The van der Waals surface area contributed by atoms with E-state index in [1.807, 2.05) is 0 Å². The third-order valence-corrected chi connectivity index (χ3v) is 45.7. The van der Waals surface area contributed by atoms with Crippen LogP contribution in [0.4, 0.5) is 0 Å². The van der Waals surface area contributed by atoms with Gasteiger partial charge in [-0.1, -0.05) is 0 Å². The van der Waals surface area contributed by atoms with Crippen LogP contribution in [0.3, 0.4) is 0 Å². The summed E-state index contributed by atoms with van der Waals surface area (Å²) in [5.41, 5.74) is 0. The fourth-order valence-electron chi connectivity index (χ4n) is 0.282. The molecule has 8 heteroatoms. The van der Waals surface area contributed by atoms with E-state index >= 15 is 0 Å². The SMILES string of the molecule is Cl[PH]1(Cl)PPPPP1. The van der Waals surface area contributed by atoms with Gasteiger partial charge in [-0.3, -0.25) is 0 Å². The van der Waals surface area contributed by atoms with Gasteiger partial charge in [-0.2, -0.15) is 0 Å². The van der Waals surface area contributed by atoms with Crippen LogP contribution >= 0.6 is 67.6 Å². The van der Waals surface area contributed by atoms with Gasteiger partial charge in [0.15, 0.2) is 0 Å². The molecule has 0 spiro atoms. The van der Waals surface area contributed by atoms with Crippen molar-refractivity contribution in [1.82, 2.24) is 0 Å². The van der Waals surface area contributed by atoms with E-state index < -0.39 is 5.35 Å². The second kappa shape index (κ2) is 4.25. The zero-order valence-electron chi connectivity index (χ0n) is 3.76. The topological polar surface area (TPSA) is 0 Å². The van der Waals surface area contributed by atoms with Crippen LogP contribution in [0.5, 0.6) is 0 Å². The van der Waals surface area contributed by atoms with E-state index in [9.17, 15) is 0 Å². The summed E-state index contributed by atoms with van der Waals surface area (Å²) in [7, 11) is 5.38. The zero-order chi connectivity index (χ0) is 6.04. The second-order valence-corrected chi connectivity index (χ2v) is 32.4. The molecule has 0 bridgehead atoms. The zero-order valence-corrected chi connectivity index (χ0v) is 11.3. The molecule has 0 aromatic carbocycles. The third kappa shape index (κ3) is 3.52. The van der Waals surface area contributed by atoms with Crippen LogP contribution < -0.4 is 0 Å². The van der Waals surface area contributed by atoms with E-state index in [4.69, 9.17) is 22.5 Å². The monoisotopic (exact) mass is 262 g/mol. The van der Waals surface area contributed by atoms with Crippen molar-refractivity contribution in [2.75, 3.05) is 0 Å². The fourth-order valence-corrected chi connectivity index (χ4v) is 68.5. The Morgan fingerprint density at radius 2 is 1.38 bits per heavy atom. The van der Waals surface area contributed by atoms with Crippen molar-refractivity contribution in [3.8, 4) is 0 Å². The molecule has 0 amide bonds. The molecule has 8 heavy (non-hydrogen) atoms. The third-order valence-electron chi connectivity index (χ3n) is 0.564. The summed E-state index contributed by atoms with van der Waals surface area (Å²) in [5.74, 6) is 0. The predicted octanol–water partition coefficient (Wildman–Crippen LogP) is 4.94. The molecular formula is H6Cl2P6. The van der Waals surface area contributed by atoms with Gasteiger partial charge in [0, 0.05) is 0 Å². The molecule has 0 N–H and O–H groups in total. The van der Waals surface area contributed by atoms with Crippen molar-refractivity contribution in [3.05, 3.63) is 0 Å². The average Bonchev–Trinajstić information content (AvgIpc) is 1.65. The van der Waals surface area contributed by atoms with Gasteiger partial charge >= 0.3 is 67.6 Å². The summed E-state index contributed by atoms with van der Waals surface area (Å²) in [6, 6.07) is 0. The Balaban J connectivity index is 2.33. The molecule has 1 aliphatic heterocycles. The molecule has 0 saturated carbocycles. The van der Waals surface area contributed by atoms with Crippen LogP contribution in [0, 0.1) is 0 Å². The van der Waals surface area contributed by atoms with Gasteiger partial charge in [-0.15, -0.1) is 0 Å². The van der Waals surface area contributed by atoms with Crippen molar-refractivity contribution in [2.45, 2.75) is 0 Å². The summed E-state index contributed by atoms with van der Waals surface area (Å²) in [4.78, 5) is 0. The number of rotatable bonds is 0. The minimum atomic E-state index is -1.56. The van der Waals surface area contributed by atoms with Gasteiger partial charge in [0.25, 0.3) is 0 Å². The van der Waals surface area contributed by atoms with E-state index in [1.54, 1.807) is 0 Å². The number of halogens is 2. The van der Waals surface area contributed by atoms with Crippen molar-refractivity contribution < 1.29 is 0 Å². The molecule has 1 saturated heterocycles. The second-order valence-electron chi connectivity index (χ2n) is 1.20. The van der Waals surface area contributed by atoms with Crippen molar-refractivity contribution in [1.29, 1.82) is 0 Å². The molecule has 0 aromatic rings. The maximum atomic E-state index is 6.02. The first-order valence-corrected chi connectivity index (χ1v) is 16.9. The van der Waals surface area contributed by atoms with E-state index in [1.165, 1.54) is 7.96 Å². The molecule has 4 atom stereocenters. The van der Waals surface area contributed by atoms with Crippen LogP contribution in [0.1, 0.15) is 0 Å². The van der Waals surface area contributed by atoms with E-state index in [-0.39, 0.29) is 0 Å². The Bertz CT molecular complexity index is 70.6. The Morgan fingerprint density at radius 3 is 1.62 bits per heavy atom. The van der Waals surface area contributed by atoms with Crippen molar-refractivity contribution >= 4 is 67.6 Å². The van der Waals surface area contributed by atoms with Gasteiger partial charge in [0.2, 0.25) is 0 Å². The van der Waals surface area contributed by atoms with Gasteiger partial charge in [0.1, 0.15) is 0 Å². The maximum absolute atomic E-state index is 6.02. The summed E-state index contributed by atoms with van der Waals surface area (Å²) >= 11 is 12.0. The van der Waals surface area contributed by atoms with E-state index in [0.29, 0.717) is 0 Å². The van der Waals surface area contributed by atoms with Crippen LogP contribution in [-0.4, -0.2) is 0 Å². The normalized spacial score (nSPS) is 46.8. The summed E-state index contributed by atoms with van der Waals surface area (Å²) in [6.07, 6.45) is 0. The van der Waals surface area contributed by atoms with Crippen LogP contribution in [0.25, 0.3) is 0 Å². The number of hydrogen-bond donors (Lipinski definition) is 0. The van der Waals surface area contributed by atoms with E-state index in [0.717, 1.165) is 31.8 Å². The Labute approximate surface area is 67.6 Å². The molecule has 1 fully saturated rings. The van der Waals surface area contributed by atoms with E-state index in [2.05, 4.69) is 0 Å². The standard InChI is InChI=1S/Cl2H6P6/c1-8(2)6-4-3-5-7-8/h3-8H. The molecule has 1 rings (SSSR count). The molecule has 0 nitrogen and oxygen atoms in total. The van der Waals surface area contributed by atoms with Gasteiger partial charge in [-0.05, 0) is 0 Å². The minimum absolute atomic E-state index is 0.958. The van der Waals surface area contributed by atoms with Crippen molar-refractivity contribution in [2.24, 2.45) is 0 Å². The Morgan fingerprint density at radius 1 is 0.875 bits per heavy atom. The first-order valence-electron chi connectivity index (χ1n) is 1.88. The molecular weight excluding hydrogens is 257 g/mol. The quantitative estimate of drug-likeness (QED) is 0.543. The molecule has 50 valence electrons. The predicted molar refractivity (Wildman–Crippen MR) is 61.6 cm³/mol. The van der Waals surface area contributed by atoms with Gasteiger partial charge in [0.05, 0.1) is 0 Å². The first-order chi connectivity index (χ1) is 3.71. The van der Waals surface area contributed by atoms with Crippen LogP contribution in [0.2, 0.25) is 0 Å². The van der Waals surface area contributed by atoms with Gasteiger partial charge in [-0.25, -0.2) is 0 Å². The molecule has 1 aliphatic rings. The molecule has 0 aliphatic carbocycles. The summed E-state index contributed by atoms with van der Waals surface area (Å²) in [6.45, 7) is 0. The number of hydrogen-bond acceptors (Lipinski definition) is 0. The molecule has 0 aromatic heterocycles.